The second-order valence-electron chi connectivity index (χ2n) is 9.37. The highest BCUT2D eigenvalue weighted by Crippen LogP contribution is 2.30. The van der Waals surface area contributed by atoms with Crippen LogP contribution in [0.4, 0.5) is 5.69 Å². The van der Waals surface area contributed by atoms with Crippen molar-refractivity contribution in [3.63, 3.8) is 0 Å². The molecule has 34 heavy (non-hydrogen) atoms. The minimum atomic E-state index is 0.552. The van der Waals surface area contributed by atoms with E-state index in [1.54, 1.807) is 0 Å². The van der Waals surface area contributed by atoms with E-state index in [4.69, 9.17) is 17.3 Å². The third kappa shape index (κ3) is 5.12. The van der Waals surface area contributed by atoms with E-state index in [-0.39, 0.29) is 0 Å². The van der Waals surface area contributed by atoms with E-state index in [0.717, 1.165) is 43.2 Å². The average molecular weight is 470 g/mol. The largest absolute Gasteiger partial charge is 0.381 e. The number of fused-ring (bicyclic) bond motifs is 1. The Morgan fingerprint density at radius 2 is 1.44 bits per heavy atom. The van der Waals surface area contributed by atoms with E-state index in [9.17, 15) is 0 Å². The molecule has 1 fully saturated rings. The fraction of sp³-hybridized carbons (Fsp3) is 0.267. The second-order valence-corrected chi connectivity index (χ2v) is 9.77. The molecule has 0 saturated carbocycles. The van der Waals surface area contributed by atoms with Crippen molar-refractivity contribution in [3.05, 3.63) is 112 Å². The van der Waals surface area contributed by atoms with E-state index >= 15 is 0 Å². The third-order valence-corrected chi connectivity index (χ3v) is 7.52. The van der Waals surface area contributed by atoms with Crippen molar-refractivity contribution in [2.24, 2.45) is 17.6 Å². The Morgan fingerprint density at radius 1 is 0.765 bits per heavy atom. The van der Waals surface area contributed by atoms with Gasteiger partial charge in [0.2, 0.25) is 0 Å². The molecule has 0 aliphatic carbocycles. The molecule has 4 N–H and O–H groups in total. The summed E-state index contributed by atoms with van der Waals surface area (Å²) < 4.78 is 0. The highest BCUT2D eigenvalue weighted by Gasteiger charge is 2.27. The lowest BCUT2D eigenvalue weighted by Crippen LogP contribution is -2.18. The van der Waals surface area contributed by atoms with Gasteiger partial charge in [0.1, 0.15) is 0 Å². The molecule has 3 nitrogen and oxygen atoms in total. The van der Waals surface area contributed by atoms with E-state index in [0.29, 0.717) is 18.4 Å². The topological polar surface area (TPSA) is 50.1 Å². The predicted molar refractivity (Wildman–Crippen MR) is 144 cm³/mol. The van der Waals surface area contributed by atoms with Crippen LogP contribution in [0.15, 0.2) is 84.9 Å². The molecule has 0 unspecified atom stereocenters. The summed E-state index contributed by atoms with van der Waals surface area (Å²) in [5, 5.41) is 10.6. The number of benzene rings is 4. The maximum absolute atomic E-state index is 6.65. The van der Waals surface area contributed by atoms with Crippen LogP contribution in [0.2, 0.25) is 5.02 Å². The van der Waals surface area contributed by atoms with Crippen LogP contribution in [-0.4, -0.2) is 13.1 Å². The molecule has 5 rings (SSSR count). The van der Waals surface area contributed by atoms with E-state index in [2.05, 4.69) is 89.5 Å². The van der Waals surface area contributed by atoms with Crippen LogP contribution in [0.5, 0.6) is 0 Å². The van der Waals surface area contributed by atoms with Crippen LogP contribution in [0, 0.1) is 11.8 Å². The zero-order valence-electron chi connectivity index (χ0n) is 19.4. The first-order valence-corrected chi connectivity index (χ1v) is 12.6. The summed E-state index contributed by atoms with van der Waals surface area (Å²) in [5.74, 6) is 1.21. The Bertz CT molecular complexity index is 1250. The summed E-state index contributed by atoms with van der Waals surface area (Å²) in [6.07, 6.45) is 2.10. The zero-order valence-corrected chi connectivity index (χ0v) is 20.2. The molecular weight excluding hydrogens is 438 g/mol. The molecule has 1 aliphatic heterocycles. The van der Waals surface area contributed by atoms with Crippen molar-refractivity contribution in [3.8, 4) is 0 Å². The van der Waals surface area contributed by atoms with Crippen LogP contribution < -0.4 is 16.4 Å². The van der Waals surface area contributed by atoms with Gasteiger partial charge in [-0.3, -0.25) is 0 Å². The molecule has 4 aromatic rings. The number of hydrogen-bond acceptors (Lipinski definition) is 3. The minimum Gasteiger partial charge on any atom is -0.381 e. The van der Waals surface area contributed by atoms with E-state index in [1.807, 2.05) is 6.07 Å². The summed E-state index contributed by atoms with van der Waals surface area (Å²) in [6.45, 7) is 3.43. The summed E-state index contributed by atoms with van der Waals surface area (Å²) in [4.78, 5) is 0. The van der Waals surface area contributed by atoms with Gasteiger partial charge in [0.15, 0.2) is 0 Å². The SMILES string of the molecule is NCc1ccc(CNc2ccc(Cl)c(C[C@H]3CNC[C@@H]3Cc3ccccc3)c2)c2ccccc12. The minimum absolute atomic E-state index is 0.552. The normalized spacial score (nSPS) is 17.8. The Morgan fingerprint density at radius 3 is 2.21 bits per heavy atom. The summed E-state index contributed by atoms with van der Waals surface area (Å²) >= 11 is 6.65. The molecule has 0 amide bonds. The van der Waals surface area contributed by atoms with Crippen molar-refractivity contribution < 1.29 is 0 Å². The highest BCUT2D eigenvalue weighted by molar-refractivity contribution is 6.31. The monoisotopic (exact) mass is 469 g/mol. The van der Waals surface area contributed by atoms with Gasteiger partial charge in [0, 0.05) is 23.8 Å². The van der Waals surface area contributed by atoms with Crippen molar-refractivity contribution >= 4 is 28.1 Å². The van der Waals surface area contributed by atoms with Crippen molar-refractivity contribution in [2.75, 3.05) is 18.4 Å². The molecule has 174 valence electrons. The molecule has 1 heterocycles. The lowest BCUT2D eigenvalue weighted by Gasteiger charge is -2.20. The van der Waals surface area contributed by atoms with Gasteiger partial charge < -0.3 is 16.4 Å². The number of anilines is 1. The maximum atomic E-state index is 6.65. The summed E-state index contributed by atoms with van der Waals surface area (Å²) in [7, 11) is 0. The fourth-order valence-electron chi connectivity index (χ4n) is 5.26. The number of hydrogen-bond donors (Lipinski definition) is 3. The maximum Gasteiger partial charge on any atom is 0.0439 e. The third-order valence-electron chi connectivity index (χ3n) is 7.16. The molecule has 4 aromatic carbocycles. The molecule has 0 aromatic heterocycles. The van der Waals surface area contributed by atoms with Gasteiger partial charge in [-0.05, 0) is 89.0 Å². The predicted octanol–water partition coefficient (Wildman–Crippen LogP) is 6.18. The Balaban J connectivity index is 1.29. The smallest absolute Gasteiger partial charge is 0.0439 e. The van der Waals surface area contributed by atoms with Gasteiger partial charge in [-0.1, -0.05) is 78.3 Å². The lowest BCUT2D eigenvalue weighted by atomic mass is 9.85. The van der Waals surface area contributed by atoms with Gasteiger partial charge in [0.05, 0.1) is 0 Å². The van der Waals surface area contributed by atoms with Crippen molar-refractivity contribution in [1.29, 1.82) is 0 Å². The summed E-state index contributed by atoms with van der Waals surface area (Å²) in [6, 6.07) is 30.0. The van der Waals surface area contributed by atoms with Gasteiger partial charge >= 0.3 is 0 Å². The van der Waals surface area contributed by atoms with Gasteiger partial charge in [-0.15, -0.1) is 0 Å². The van der Waals surface area contributed by atoms with Crippen LogP contribution in [0.3, 0.4) is 0 Å². The first kappa shape index (κ1) is 22.9. The number of halogens is 1. The van der Waals surface area contributed by atoms with Crippen molar-refractivity contribution in [1.82, 2.24) is 5.32 Å². The molecule has 0 spiro atoms. The van der Waals surface area contributed by atoms with Crippen molar-refractivity contribution in [2.45, 2.75) is 25.9 Å². The number of rotatable bonds is 8. The second kappa shape index (κ2) is 10.6. The Hall–Kier alpha value is -2.85. The Labute approximate surface area is 207 Å². The average Bonchev–Trinajstić information content (AvgIpc) is 3.31. The molecule has 1 saturated heterocycles. The molecular formula is C30H32ClN3. The van der Waals surface area contributed by atoms with E-state index < -0.39 is 0 Å². The zero-order chi connectivity index (χ0) is 23.3. The molecule has 2 atom stereocenters. The molecule has 4 heteroatoms. The van der Waals surface area contributed by atoms with Gasteiger partial charge in [-0.2, -0.15) is 0 Å². The number of nitrogens with one attached hydrogen (secondary N) is 2. The molecule has 0 bridgehead atoms. The first-order valence-electron chi connectivity index (χ1n) is 12.2. The van der Waals surface area contributed by atoms with Crippen LogP contribution in [-0.2, 0) is 25.9 Å². The quantitative estimate of drug-likeness (QED) is 0.288. The molecule has 0 radical (unpaired) electrons. The van der Waals surface area contributed by atoms with E-state index in [1.165, 1.54) is 33.0 Å². The van der Waals surface area contributed by atoms with Gasteiger partial charge in [0.25, 0.3) is 0 Å². The standard InChI is InChI=1S/C30H32ClN3/c31-30-13-12-27(34-20-23-11-10-22(17-32)28-8-4-5-9-29(23)28)16-24(30)15-26-19-33-18-25(26)14-21-6-2-1-3-7-21/h1-13,16,25-26,33-34H,14-15,17-20,32H2/t25-,26-/m0/s1. The molecule has 1 aliphatic rings. The lowest BCUT2D eigenvalue weighted by molar-refractivity contribution is 0.415. The number of nitrogens with two attached hydrogens (primary N) is 1. The fourth-order valence-corrected chi connectivity index (χ4v) is 5.45. The summed E-state index contributed by atoms with van der Waals surface area (Å²) in [5.41, 5.74) is 12.1. The van der Waals surface area contributed by atoms with Crippen LogP contribution in [0.1, 0.15) is 22.3 Å². The Kier molecular flexibility index (Phi) is 7.15. The van der Waals surface area contributed by atoms with Gasteiger partial charge in [-0.25, -0.2) is 0 Å². The highest BCUT2D eigenvalue weighted by atomic mass is 35.5. The first-order chi connectivity index (χ1) is 16.7. The van der Waals surface area contributed by atoms with Crippen LogP contribution in [0.25, 0.3) is 10.8 Å². The van der Waals surface area contributed by atoms with Crippen LogP contribution >= 0.6 is 11.6 Å².